The number of nitrogens with zero attached hydrogens (tertiary/aromatic N) is 1. The smallest absolute Gasteiger partial charge is 0.266 e. The summed E-state index contributed by atoms with van der Waals surface area (Å²) in [7, 11) is -4.10. The van der Waals surface area contributed by atoms with Gasteiger partial charge in [0.2, 0.25) is 0 Å². The van der Waals surface area contributed by atoms with E-state index in [1.807, 2.05) is 12.1 Å². The number of fused-ring (bicyclic) bond motifs is 1. The van der Waals surface area contributed by atoms with Crippen molar-refractivity contribution in [1.29, 1.82) is 0 Å². The van der Waals surface area contributed by atoms with E-state index < -0.39 is 21.8 Å². The SMILES string of the molecule is O=C(NCCS(=O)(=O)O)c1cccc2[nH]c(-c3cc[nH]n3)cc12. The topological polar surface area (TPSA) is 128 Å². The van der Waals surface area contributed by atoms with Crippen molar-refractivity contribution in [2.24, 2.45) is 0 Å². The van der Waals surface area contributed by atoms with Gasteiger partial charge in [-0.15, -0.1) is 0 Å². The Morgan fingerprint density at radius 3 is 2.83 bits per heavy atom. The summed E-state index contributed by atoms with van der Waals surface area (Å²) in [5.41, 5.74) is 2.67. The summed E-state index contributed by atoms with van der Waals surface area (Å²) in [6.45, 7) is -0.162. The molecule has 0 saturated heterocycles. The summed E-state index contributed by atoms with van der Waals surface area (Å²) in [6, 6.07) is 8.82. The number of amides is 1. The monoisotopic (exact) mass is 334 g/mol. The van der Waals surface area contributed by atoms with Crippen molar-refractivity contribution >= 4 is 26.9 Å². The van der Waals surface area contributed by atoms with E-state index >= 15 is 0 Å². The van der Waals surface area contributed by atoms with Crippen LogP contribution in [0.4, 0.5) is 0 Å². The number of carbonyl (C=O) groups is 1. The van der Waals surface area contributed by atoms with Crippen molar-refractivity contribution in [1.82, 2.24) is 20.5 Å². The molecule has 0 saturated carbocycles. The average molecular weight is 334 g/mol. The van der Waals surface area contributed by atoms with Crippen molar-refractivity contribution in [2.75, 3.05) is 12.3 Å². The molecule has 0 radical (unpaired) electrons. The number of H-pyrrole nitrogens is 2. The van der Waals surface area contributed by atoms with Crippen LogP contribution in [-0.4, -0.2) is 46.4 Å². The van der Waals surface area contributed by atoms with Crippen LogP contribution >= 0.6 is 0 Å². The minimum Gasteiger partial charge on any atom is -0.353 e. The number of nitrogens with one attached hydrogen (secondary N) is 3. The Morgan fingerprint density at radius 1 is 1.30 bits per heavy atom. The molecule has 3 rings (SSSR count). The van der Waals surface area contributed by atoms with Crippen LogP contribution in [0.1, 0.15) is 10.4 Å². The van der Waals surface area contributed by atoms with Crippen molar-refractivity contribution in [3.8, 4) is 11.4 Å². The Labute approximate surface area is 131 Å². The molecule has 8 nitrogen and oxygen atoms in total. The Hall–Kier alpha value is -2.65. The molecule has 0 unspecified atom stereocenters. The largest absolute Gasteiger partial charge is 0.353 e. The molecule has 3 aromatic rings. The lowest BCUT2D eigenvalue weighted by atomic mass is 10.1. The fourth-order valence-electron chi connectivity index (χ4n) is 2.29. The molecule has 1 aromatic carbocycles. The van der Waals surface area contributed by atoms with E-state index in [2.05, 4.69) is 20.5 Å². The quantitative estimate of drug-likeness (QED) is 0.521. The average Bonchev–Trinajstić information content (AvgIpc) is 3.14. The van der Waals surface area contributed by atoms with Crippen LogP contribution in [0.25, 0.3) is 22.3 Å². The van der Waals surface area contributed by atoms with Gasteiger partial charge < -0.3 is 10.3 Å². The van der Waals surface area contributed by atoms with Gasteiger partial charge in [0, 0.05) is 29.2 Å². The van der Waals surface area contributed by atoms with Crippen molar-refractivity contribution in [3.05, 3.63) is 42.1 Å². The first-order valence-electron chi connectivity index (χ1n) is 6.79. The Balaban J connectivity index is 1.87. The molecule has 0 bridgehead atoms. The fraction of sp³-hybridized carbons (Fsp3) is 0.143. The highest BCUT2D eigenvalue weighted by atomic mass is 32.2. The van der Waals surface area contributed by atoms with Gasteiger partial charge in [0.15, 0.2) is 0 Å². The van der Waals surface area contributed by atoms with E-state index in [-0.39, 0.29) is 6.54 Å². The molecule has 0 aliphatic rings. The van der Waals surface area contributed by atoms with Crippen LogP contribution in [0.2, 0.25) is 0 Å². The number of aromatic amines is 2. The minimum atomic E-state index is -4.10. The lowest BCUT2D eigenvalue weighted by Gasteiger charge is -2.05. The number of benzene rings is 1. The van der Waals surface area contributed by atoms with Crippen molar-refractivity contribution < 1.29 is 17.8 Å². The first kappa shape index (κ1) is 15.3. The van der Waals surface area contributed by atoms with Gasteiger partial charge in [0.05, 0.1) is 11.4 Å². The molecule has 4 N–H and O–H groups in total. The van der Waals surface area contributed by atoms with Gasteiger partial charge in [0.1, 0.15) is 5.69 Å². The van der Waals surface area contributed by atoms with Crippen LogP contribution in [0, 0.1) is 0 Å². The van der Waals surface area contributed by atoms with Gasteiger partial charge in [-0.05, 0) is 24.3 Å². The molecular formula is C14H14N4O4S. The summed E-state index contributed by atoms with van der Waals surface area (Å²) >= 11 is 0. The number of hydrogen-bond donors (Lipinski definition) is 4. The van der Waals surface area contributed by atoms with Gasteiger partial charge in [-0.1, -0.05) is 6.07 Å². The highest BCUT2D eigenvalue weighted by molar-refractivity contribution is 7.85. The van der Waals surface area contributed by atoms with Crippen LogP contribution < -0.4 is 5.32 Å². The fourth-order valence-corrected chi connectivity index (χ4v) is 2.65. The Bertz CT molecular complexity index is 944. The van der Waals surface area contributed by atoms with E-state index in [1.54, 1.807) is 24.4 Å². The Kier molecular flexibility index (Phi) is 3.89. The maximum absolute atomic E-state index is 12.2. The van der Waals surface area contributed by atoms with Gasteiger partial charge >= 0.3 is 0 Å². The summed E-state index contributed by atoms with van der Waals surface area (Å²) in [6.07, 6.45) is 1.70. The molecule has 120 valence electrons. The molecule has 9 heteroatoms. The van der Waals surface area contributed by atoms with E-state index in [1.165, 1.54) is 0 Å². The normalized spacial score (nSPS) is 11.7. The predicted octanol–water partition coefficient (Wildman–Crippen LogP) is 1.18. The van der Waals surface area contributed by atoms with E-state index in [9.17, 15) is 13.2 Å². The molecule has 0 atom stereocenters. The molecule has 0 spiro atoms. The van der Waals surface area contributed by atoms with Crippen molar-refractivity contribution in [3.63, 3.8) is 0 Å². The molecule has 0 aliphatic carbocycles. The number of carbonyl (C=O) groups excluding carboxylic acids is 1. The third-order valence-electron chi connectivity index (χ3n) is 3.33. The van der Waals surface area contributed by atoms with Crippen LogP contribution in [0.3, 0.4) is 0 Å². The molecule has 2 heterocycles. The van der Waals surface area contributed by atoms with Crippen LogP contribution in [0.5, 0.6) is 0 Å². The van der Waals surface area contributed by atoms with Gasteiger partial charge in [-0.25, -0.2) is 0 Å². The second kappa shape index (κ2) is 5.86. The van der Waals surface area contributed by atoms with E-state index in [4.69, 9.17) is 4.55 Å². The molecular weight excluding hydrogens is 320 g/mol. The summed E-state index contributed by atoms with van der Waals surface area (Å²) in [5, 5.41) is 9.99. The molecule has 1 amide bonds. The molecule has 23 heavy (non-hydrogen) atoms. The van der Waals surface area contributed by atoms with Crippen LogP contribution in [0.15, 0.2) is 36.5 Å². The highest BCUT2D eigenvalue weighted by Gasteiger charge is 2.14. The summed E-state index contributed by atoms with van der Waals surface area (Å²) in [4.78, 5) is 15.4. The molecule has 0 fully saturated rings. The predicted molar refractivity (Wildman–Crippen MR) is 84.6 cm³/mol. The second-order valence-corrected chi connectivity index (χ2v) is 6.52. The second-order valence-electron chi connectivity index (χ2n) is 4.95. The van der Waals surface area contributed by atoms with Crippen molar-refractivity contribution in [2.45, 2.75) is 0 Å². The van der Waals surface area contributed by atoms with Gasteiger partial charge in [-0.2, -0.15) is 13.5 Å². The summed E-state index contributed by atoms with van der Waals surface area (Å²) < 4.78 is 30.1. The lowest BCUT2D eigenvalue weighted by molar-refractivity contribution is 0.0957. The van der Waals surface area contributed by atoms with Gasteiger partial charge in [0.25, 0.3) is 16.0 Å². The third kappa shape index (κ3) is 3.41. The van der Waals surface area contributed by atoms with Gasteiger partial charge in [-0.3, -0.25) is 14.4 Å². The maximum Gasteiger partial charge on any atom is 0.266 e. The first-order chi connectivity index (χ1) is 10.9. The zero-order chi connectivity index (χ0) is 16.4. The molecule has 0 aliphatic heterocycles. The third-order valence-corrected chi connectivity index (χ3v) is 4.05. The highest BCUT2D eigenvalue weighted by Crippen LogP contribution is 2.25. The zero-order valence-corrected chi connectivity index (χ0v) is 12.7. The van der Waals surface area contributed by atoms with Crippen LogP contribution in [-0.2, 0) is 10.1 Å². The van der Waals surface area contributed by atoms with E-state index in [0.29, 0.717) is 10.9 Å². The maximum atomic E-state index is 12.2. The Morgan fingerprint density at radius 2 is 2.13 bits per heavy atom. The minimum absolute atomic E-state index is 0.162. The number of rotatable bonds is 5. The molecule has 2 aromatic heterocycles. The lowest BCUT2D eigenvalue weighted by Crippen LogP contribution is -2.28. The summed E-state index contributed by atoms with van der Waals surface area (Å²) in [5.74, 6) is -0.938. The first-order valence-corrected chi connectivity index (χ1v) is 8.40. The number of hydrogen-bond acceptors (Lipinski definition) is 4. The van der Waals surface area contributed by atoms with E-state index in [0.717, 1.165) is 16.9 Å². The number of aromatic nitrogens is 3. The zero-order valence-electron chi connectivity index (χ0n) is 11.9. The standard InChI is InChI=1S/C14H14N4O4S/c19-14(15-6-7-23(20,21)22)9-2-1-3-11-10(9)8-13(17-11)12-4-5-16-18-12/h1-5,8,17H,6-7H2,(H,15,19)(H,16,18)(H,20,21,22).